The van der Waals surface area contributed by atoms with Crippen LogP contribution >= 0.6 is 0 Å². The fraction of sp³-hybridized carbons (Fsp3) is 0.391. The Morgan fingerprint density at radius 1 is 1.00 bits per heavy atom. The molecule has 0 bridgehead atoms. The fourth-order valence-electron chi connectivity index (χ4n) is 3.08. The molecule has 3 aromatic rings. The van der Waals surface area contributed by atoms with Gasteiger partial charge in [0.2, 0.25) is 0 Å². The zero-order valence-electron chi connectivity index (χ0n) is 19.9. The Balaban J connectivity index is 2.05. The zero-order chi connectivity index (χ0) is 22.1. The van der Waals surface area contributed by atoms with Gasteiger partial charge in [0, 0.05) is 41.2 Å². The lowest BCUT2D eigenvalue weighted by atomic mass is 10.1. The average Bonchev–Trinajstić information content (AvgIpc) is 3.11. The molecule has 0 aliphatic heterocycles. The lowest BCUT2D eigenvalue weighted by molar-refractivity contribution is 0.177. The second kappa shape index (κ2) is 8.41. The number of ether oxygens (including phenoxy) is 1. The Bertz CT molecular complexity index is 975. The van der Waals surface area contributed by atoms with E-state index in [2.05, 4.69) is 4.98 Å². The van der Waals surface area contributed by atoms with E-state index in [0.29, 0.717) is 17.7 Å². The number of benzene rings is 2. The topological polar surface area (TPSA) is 28.3 Å². The third kappa shape index (κ3) is 4.28. The van der Waals surface area contributed by atoms with Crippen molar-refractivity contribution in [2.24, 2.45) is 0 Å². The predicted molar refractivity (Wildman–Crippen MR) is 110 cm³/mol. The van der Waals surface area contributed by atoms with E-state index >= 15 is 0 Å². The molecule has 0 aliphatic carbocycles. The van der Waals surface area contributed by atoms with E-state index in [0.717, 1.165) is 11.1 Å². The maximum absolute atomic E-state index is 8.85. The molecule has 1 aromatic heterocycles. The Morgan fingerprint density at radius 2 is 1.73 bits per heavy atom. The molecule has 0 radical (unpaired) electrons. The monoisotopic (exact) mass is 354 g/mol. The van der Waals surface area contributed by atoms with Gasteiger partial charge in [-0.3, -0.25) is 4.90 Å². The molecule has 3 heteroatoms. The van der Waals surface area contributed by atoms with Crippen LogP contribution in [0.3, 0.4) is 0 Å². The van der Waals surface area contributed by atoms with Gasteiger partial charge in [0.05, 0.1) is 0 Å². The normalized spacial score (nSPS) is 15.2. The summed E-state index contributed by atoms with van der Waals surface area (Å²) < 4.78 is 41.3. The van der Waals surface area contributed by atoms with E-state index < -0.39 is 12.9 Å². The van der Waals surface area contributed by atoms with Crippen LogP contribution in [0.15, 0.2) is 54.7 Å². The van der Waals surface area contributed by atoms with Gasteiger partial charge in [-0.05, 0) is 57.3 Å². The first-order valence-electron chi connectivity index (χ1n) is 11.1. The molecular weight excluding hydrogens is 320 g/mol. The van der Waals surface area contributed by atoms with Crippen LogP contribution in [-0.4, -0.2) is 28.5 Å². The number of hydrogen-bond donors (Lipinski definition) is 1. The second-order valence-electron chi connectivity index (χ2n) is 6.99. The molecule has 3 nitrogen and oxygen atoms in total. The molecule has 0 saturated carbocycles. The minimum Gasteiger partial charge on any atom is -0.488 e. The van der Waals surface area contributed by atoms with Crippen LogP contribution in [0.1, 0.15) is 44.3 Å². The summed E-state index contributed by atoms with van der Waals surface area (Å²) in [4.78, 5) is 4.68. The first kappa shape index (κ1) is 13.9. The van der Waals surface area contributed by atoms with Crippen molar-refractivity contribution in [1.82, 2.24) is 9.88 Å². The number of nitrogens with zero attached hydrogens (tertiary/aromatic N) is 1. The standard InChI is InChI=1S/C23H30N2O/c1-17(2)25(18(3)4)14-13-20-15-24-21-11-8-12-22(23(20)21)26-16-19-9-6-5-7-10-19/h5-12,15,17-18,24H,13-14,16H2,1-4H3/i13D2,14D2. The largest absolute Gasteiger partial charge is 0.488 e. The first-order valence-corrected chi connectivity index (χ1v) is 9.13. The van der Waals surface area contributed by atoms with Crippen molar-refractivity contribution in [3.8, 4) is 5.75 Å². The van der Waals surface area contributed by atoms with Crippen molar-refractivity contribution < 1.29 is 10.2 Å². The smallest absolute Gasteiger partial charge is 0.129 e. The maximum Gasteiger partial charge on any atom is 0.129 e. The molecule has 0 spiro atoms. The number of aryl methyl sites for hydroxylation is 1. The highest BCUT2D eigenvalue weighted by Crippen LogP contribution is 2.30. The van der Waals surface area contributed by atoms with Crippen LogP contribution in [0.4, 0.5) is 0 Å². The van der Waals surface area contributed by atoms with Gasteiger partial charge in [-0.25, -0.2) is 0 Å². The number of aromatic amines is 1. The lowest BCUT2D eigenvalue weighted by Gasteiger charge is -2.30. The zero-order valence-corrected chi connectivity index (χ0v) is 15.9. The summed E-state index contributed by atoms with van der Waals surface area (Å²) in [6.07, 6.45) is -0.706. The summed E-state index contributed by atoms with van der Waals surface area (Å²) in [6, 6.07) is 15.0. The van der Waals surface area contributed by atoms with Gasteiger partial charge in [-0.1, -0.05) is 36.4 Å². The summed E-state index contributed by atoms with van der Waals surface area (Å²) in [6.45, 7) is 5.67. The molecule has 26 heavy (non-hydrogen) atoms. The van der Waals surface area contributed by atoms with Crippen molar-refractivity contribution in [2.45, 2.75) is 52.8 Å². The predicted octanol–water partition coefficient (Wildman–Crippen LogP) is 5.41. The lowest BCUT2D eigenvalue weighted by Crippen LogP contribution is -2.38. The SMILES string of the molecule is [2H]C([2H])(c1c[nH]c2cccc(OCc3ccccc3)c12)C([2H])([2H])N(C(C)C)C(C)C. The molecule has 0 unspecified atom stereocenters. The molecule has 1 heterocycles. The summed E-state index contributed by atoms with van der Waals surface area (Å²) in [5.41, 5.74) is 1.99. The van der Waals surface area contributed by atoms with E-state index in [1.807, 2.05) is 70.2 Å². The Hall–Kier alpha value is -2.26. The number of H-pyrrole nitrogens is 1. The van der Waals surface area contributed by atoms with Crippen molar-refractivity contribution in [2.75, 3.05) is 6.50 Å². The minimum absolute atomic E-state index is 0.158. The highest BCUT2D eigenvalue weighted by Gasteiger charge is 2.15. The molecule has 0 saturated heterocycles. The van der Waals surface area contributed by atoms with Crippen LogP contribution in [0, 0.1) is 0 Å². The van der Waals surface area contributed by atoms with Crippen molar-refractivity contribution >= 4 is 10.9 Å². The van der Waals surface area contributed by atoms with Crippen LogP contribution in [0.5, 0.6) is 5.75 Å². The molecule has 0 aliphatic rings. The highest BCUT2D eigenvalue weighted by atomic mass is 16.5. The Labute approximate surface area is 162 Å². The third-order valence-corrected chi connectivity index (χ3v) is 4.34. The highest BCUT2D eigenvalue weighted by molar-refractivity contribution is 5.89. The van der Waals surface area contributed by atoms with Gasteiger partial charge in [0.1, 0.15) is 12.4 Å². The number of hydrogen-bond acceptors (Lipinski definition) is 2. The second-order valence-corrected chi connectivity index (χ2v) is 6.99. The van der Waals surface area contributed by atoms with Gasteiger partial charge in [-0.15, -0.1) is 0 Å². The van der Waals surface area contributed by atoms with E-state index in [4.69, 9.17) is 10.2 Å². The number of rotatable bonds is 8. The average molecular weight is 355 g/mol. The number of aromatic nitrogens is 1. The fourth-order valence-corrected chi connectivity index (χ4v) is 3.08. The first-order chi connectivity index (χ1) is 14.1. The molecule has 3 rings (SSSR count). The van der Waals surface area contributed by atoms with Gasteiger partial charge in [0.15, 0.2) is 0 Å². The molecule has 2 aromatic carbocycles. The van der Waals surface area contributed by atoms with E-state index in [-0.39, 0.29) is 17.6 Å². The summed E-state index contributed by atoms with van der Waals surface area (Å²) in [7, 11) is 0. The van der Waals surface area contributed by atoms with Crippen LogP contribution in [0.2, 0.25) is 0 Å². The van der Waals surface area contributed by atoms with Crippen molar-refractivity contribution in [3.63, 3.8) is 0 Å². The van der Waals surface area contributed by atoms with Gasteiger partial charge < -0.3 is 9.72 Å². The molecule has 0 fully saturated rings. The van der Waals surface area contributed by atoms with Gasteiger partial charge in [-0.2, -0.15) is 0 Å². The summed E-state index contributed by atoms with van der Waals surface area (Å²) in [5.74, 6) is 0.535. The summed E-state index contributed by atoms with van der Waals surface area (Å²) >= 11 is 0. The number of fused-ring (bicyclic) bond motifs is 1. The molecule has 0 amide bonds. The van der Waals surface area contributed by atoms with Gasteiger partial charge in [0.25, 0.3) is 0 Å². The molecular formula is C23H30N2O. The molecule has 1 N–H and O–H groups in total. The van der Waals surface area contributed by atoms with E-state index in [9.17, 15) is 0 Å². The maximum atomic E-state index is 8.85. The third-order valence-electron chi connectivity index (χ3n) is 4.34. The van der Waals surface area contributed by atoms with Gasteiger partial charge >= 0.3 is 0 Å². The Kier molecular flexibility index (Phi) is 4.49. The van der Waals surface area contributed by atoms with E-state index in [1.54, 1.807) is 17.2 Å². The van der Waals surface area contributed by atoms with Crippen molar-refractivity contribution in [3.05, 3.63) is 65.9 Å². The number of nitrogens with one attached hydrogen (secondary N) is 1. The molecule has 138 valence electrons. The van der Waals surface area contributed by atoms with Crippen LogP contribution in [-0.2, 0) is 13.0 Å². The Morgan fingerprint density at radius 3 is 2.42 bits per heavy atom. The molecule has 0 atom stereocenters. The van der Waals surface area contributed by atoms with Crippen LogP contribution in [0.25, 0.3) is 10.9 Å². The van der Waals surface area contributed by atoms with E-state index in [1.165, 1.54) is 0 Å². The van der Waals surface area contributed by atoms with Crippen molar-refractivity contribution in [1.29, 1.82) is 0 Å². The minimum atomic E-state index is -2.27. The quantitative estimate of drug-likeness (QED) is 0.586. The van der Waals surface area contributed by atoms with Crippen LogP contribution < -0.4 is 4.74 Å². The summed E-state index contributed by atoms with van der Waals surface area (Å²) in [5, 5.41) is 0.578.